The lowest BCUT2D eigenvalue weighted by molar-refractivity contribution is 0.236. The van der Waals surface area contributed by atoms with Crippen LogP contribution < -0.4 is 5.32 Å². The molecule has 2 rings (SSSR count). The first-order valence-electron chi connectivity index (χ1n) is 9.01. The van der Waals surface area contributed by atoms with Crippen molar-refractivity contribution in [3.8, 4) is 0 Å². The van der Waals surface area contributed by atoms with Crippen LogP contribution in [0.15, 0.2) is 30.3 Å². The SMILES string of the molecule is CCC(NC(CC(C)C)c1ccccc1)C1CCCCC1. The van der Waals surface area contributed by atoms with Gasteiger partial charge in [-0.15, -0.1) is 0 Å². The van der Waals surface area contributed by atoms with Crippen molar-refractivity contribution >= 4 is 0 Å². The van der Waals surface area contributed by atoms with Crippen LogP contribution in [0.5, 0.6) is 0 Å². The van der Waals surface area contributed by atoms with E-state index in [2.05, 4.69) is 56.4 Å². The molecule has 2 atom stereocenters. The topological polar surface area (TPSA) is 12.0 Å². The molecule has 21 heavy (non-hydrogen) atoms. The Hall–Kier alpha value is -0.820. The maximum Gasteiger partial charge on any atom is 0.0325 e. The Morgan fingerprint density at radius 2 is 1.71 bits per heavy atom. The van der Waals surface area contributed by atoms with Gasteiger partial charge in [0, 0.05) is 12.1 Å². The molecule has 0 heterocycles. The van der Waals surface area contributed by atoms with Gasteiger partial charge in [-0.3, -0.25) is 0 Å². The molecule has 0 bridgehead atoms. The smallest absolute Gasteiger partial charge is 0.0325 e. The Morgan fingerprint density at radius 1 is 1.05 bits per heavy atom. The molecule has 1 fully saturated rings. The van der Waals surface area contributed by atoms with E-state index < -0.39 is 0 Å². The van der Waals surface area contributed by atoms with Crippen LogP contribution in [-0.4, -0.2) is 6.04 Å². The van der Waals surface area contributed by atoms with Crippen molar-refractivity contribution in [2.45, 2.75) is 77.8 Å². The van der Waals surface area contributed by atoms with Crippen molar-refractivity contribution < 1.29 is 0 Å². The first-order chi connectivity index (χ1) is 10.2. The standard InChI is InChI=1S/C20H33N/c1-4-19(17-11-7-5-8-12-17)21-20(15-16(2)3)18-13-9-6-10-14-18/h6,9-10,13-14,16-17,19-21H,4-5,7-8,11-12,15H2,1-3H3. The fourth-order valence-electron chi connectivity index (χ4n) is 3.84. The zero-order valence-electron chi connectivity index (χ0n) is 14.1. The van der Waals surface area contributed by atoms with Crippen molar-refractivity contribution in [2.24, 2.45) is 11.8 Å². The number of benzene rings is 1. The highest BCUT2D eigenvalue weighted by atomic mass is 15.0. The van der Waals surface area contributed by atoms with Crippen LogP contribution in [0.4, 0.5) is 0 Å². The molecular weight excluding hydrogens is 254 g/mol. The quantitative estimate of drug-likeness (QED) is 0.676. The summed E-state index contributed by atoms with van der Waals surface area (Å²) in [6.45, 7) is 7.02. The number of nitrogens with one attached hydrogen (secondary N) is 1. The Labute approximate surface area is 131 Å². The molecule has 0 amide bonds. The minimum atomic E-state index is 0.512. The van der Waals surface area contributed by atoms with E-state index in [0.29, 0.717) is 12.1 Å². The van der Waals surface area contributed by atoms with E-state index in [-0.39, 0.29) is 0 Å². The molecule has 1 N–H and O–H groups in total. The first-order valence-corrected chi connectivity index (χ1v) is 9.01. The minimum absolute atomic E-state index is 0.512. The van der Waals surface area contributed by atoms with Gasteiger partial charge in [0.25, 0.3) is 0 Å². The van der Waals surface area contributed by atoms with Gasteiger partial charge in [0.05, 0.1) is 0 Å². The molecule has 1 aromatic rings. The van der Waals surface area contributed by atoms with Crippen LogP contribution in [0.1, 0.15) is 77.3 Å². The van der Waals surface area contributed by atoms with Gasteiger partial charge in [0.2, 0.25) is 0 Å². The Balaban J connectivity index is 2.05. The van der Waals surface area contributed by atoms with E-state index in [9.17, 15) is 0 Å². The molecule has 0 saturated heterocycles. The van der Waals surface area contributed by atoms with Gasteiger partial charge >= 0.3 is 0 Å². The highest BCUT2D eigenvalue weighted by molar-refractivity contribution is 5.19. The second-order valence-electron chi connectivity index (χ2n) is 7.17. The predicted molar refractivity (Wildman–Crippen MR) is 92.4 cm³/mol. The summed E-state index contributed by atoms with van der Waals surface area (Å²) < 4.78 is 0. The van der Waals surface area contributed by atoms with Gasteiger partial charge in [-0.2, -0.15) is 0 Å². The summed E-state index contributed by atoms with van der Waals surface area (Å²) >= 11 is 0. The molecule has 1 aliphatic carbocycles. The third-order valence-corrected chi connectivity index (χ3v) is 4.98. The highest BCUT2D eigenvalue weighted by Crippen LogP contribution is 2.30. The van der Waals surface area contributed by atoms with Gasteiger partial charge in [0.1, 0.15) is 0 Å². The van der Waals surface area contributed by atoms with Crippen LogP contribution in [0.3, 0.4) is 0 Å². The molecule has 1 saturated carbocycles. The average Bonchev–Trinajstić information content (AvgIpc) is 2.52. The zero-order valence-corrected chi connectivity index (χ0v) is 14.1. The monoisotopic (exact) mass is 287 g/mol. The van der Waals surface area contributed by atoms with Crippen LogP contribution >= 0.6 is 0 Å². The third kappa shape index (κ3) is 5.14. The van der Waals surface area contributed by atoms with Crippen LogP contribution in [-0.2, 0) is 0 Å². The van der Waals surface area contributed by atoms with Crippen molar-refractivity contribution in [1.82, 2.24) is 5.32 Å². The van der Waals surface area contributed by atoms with Gasteiger partial charge < -0.3 is 5.32 Å². The minimum Gasteiger partial charge on any atom is -0.307 e. The molecule has 1 aromatic carbocycles. The van der Waals surface area contributed by atoms with Crippen molar-refractivity contribution in [3.05, 3.63) is 35.9 Å². The summed E-state index contributed by atoms with van der Waals surface area (Å²) in [5.74, 6) is 1.62. The Bertz CT molecular complexity index is 378. The predicted octanol–water partition coefficient (Wildman–Crippen LogP) is 5.72. The second-order valence-corrected chi connectivity index (χ2v) is 7.17. The van der Waals surface area contributed by atoms with Crippen molar-refractivity contribution in [1.29, 1.82) is 0 Å². The highest BCUT2D eigenvalue weighted by Gasteiger charge is 2.25. The summed E-state index contributed by atoms with van der Waals surface area (Å²) in [4.78, 5) is 0. The maximum absolute atomic E-state index is 4.02. The van der Waals surface area contributed by atoms with E-state index in [1.54, 1.807) is 0 Å². The summed E-state index contributed by atoms with van der Waals surface area (Å²) in [5.41, 5.74) is 1.46. The van der Waals surface area contributed by atoms with Gasteiger partial charge in [-0.05, 0) is 43.1 Å². The maximum atomic E-state index is 4.02. The molecule has 0 aliphatic heterocycles. The van der Waals surface area contributed by atoms with Crippen LogP contribution in [0.2, 0.25) is 0 Å². The molecule has 0 aromatic heterocycles. The summed E-state index contributed by atoms with van der Waals surface area (Å²) in [6.07, 6.45) is 9.65. The average molecular weight is 287 g/mol. The lowest BCUT2D eigenvalue weighted by Gasteiger charge is -2.34. The van der Waals surface area contributed by atoms with Gasteiger partial charge in [-0.25, -0.2) is 0 Å². The number of hydrogen-bond donors (Lipinski definition) is 1. The summed E-state index contributed by atoms with van der Waals surface area (Å²) in [7, 11) is 0. The second kappa shape index (κ2) is 8.58. The Morgan fingerprint density at radius 3 is 2.29 bits per heavy atom. The molecule has 1 heteroatoms. The Kier molecular flexibility index (Phi) is 6.76. The normalized spacial score (nSPS) is 19.6. The van der Waals surface area contributed by atoms with Crippen LogP contribution in [0.25, 0.3) is 0 Å². The first kappa shape index (κ1) is 16.5. The van der Waals surface area contributed by atoms with Gasteiger partial charge in [0.15, 0.2) is 0 Å². The molecule has 0 spiro atoms. The van der Waals surface area contributed by atoms with Crippen molar-refractivity contribution in [2.75, 3.05) is 0 Å². The molecule has 2 unspecified atom stereocenters. The molecule has 118 valence electrons. The zero-order chi connectivity index (χ0) is 15.1. The molecular formula is C20H33N. The number of hydrogen-bond acceptors (Lipinski definition) is 1. The third-order valence-electron chi connectivity index (χ3n) is 4.98. The lowest BCUT2D eigenvalue weighted by atomic mass is 9.82. The molecule has 1 aliphatic rings. The van der Waals surface area contributed by atoms with E-state index in [1.807, 2.05) is 0 Å². The van der Waals surface area contributed by atoms with Crippen LogP contribution in [0, 0.1) is 11.8 Å². The molecule has 0 radical (unpaired) electrons. The van der Waals surface area contributed by atoms with E-state index in [0.717, 1.165) is 11.8 Å². The molecule has 1 nitrogen and oxygen atoms in total. The lowest BCUT2D eigenvalue weighted by Crippen LogP contribution is -2.39. The summed E-state index contributed by atoms with van der Waals surface area (Å²) in [5, 5.41) is 4.02. The van der Waals surface area contributed by atoms with Crippen molar-refractivity contribution in [3.63, 3.8) is 0 Å². The largest absolute Gasteiger partial charge is 0.307 e. The van der Waals surface area contributed by atoms with E-state index >= 15 is 0 Å². The number of rotatable bonds is 7. The summed E-state index contributed by atoms with van der Waals surface area (Å²) in [6, 6.07) is 12.2. The van der Waals surface area contributed by atoms with E-state index in [1.165, 1.54) is 50.5 Å². The van der Waals surface area contributed by atoms with Gasteiger partial charge in [-0.1, -0.05) is 70.4 Å². The van der Waals surface area contributed by atoms with E-state index in [4.69, 9.17) is 0 Å². The fraction of sp³-hybridized carbons (Fsp3) is 0.700. The fourth-order valence-corrected chi connectivity index (χ4v) is 3.84.